The molecule has 0 radical (unpaired) electrons. The standard InChI is InChI=1S/C26H38BF6N3O5/c1-4-5-8-24(27,40-19(2)37)9-6-7-14-39-41-36-12-10-35(11-13-36)23(38)34(3)18-20-15-21(25(28,29)30)17-22(16-20)26(31,32)33/h15-17,37H,2,4-14,18,27H2,1,3H3. The van der Waals surface area contributed by atoms with Crippen molar-refractivity contribution < 1.29 is 50.9 Å². The van der Waals surface area contributed by atoms with E-state index < -0.39 is 41.6 Å². The molecule has 1 heterocycles. The van der Waals surface area contributed by atoms with Gasteiger partial charge in [-0.2, -0.15) is 31.4 Å². The van der Waals surface area contributed by atoms with Crippen molar-refractivity contribution in [2.75, 3.05) is 39.8 Å². The predicted molar refractivity (Wildman–Crippen MR) is 141 cm³/mol. The van der Waals surface area contributed by atoms with Gasteiger partial charge in [0.1, 0.15) is 0 Å². The molecule has 1 unspecified atom stereocenters. The number of unbranched alkanes of at least 4 members (excludes halogenated alkanes) is 2. The predicted octanol–water partition coefficient (Wildman–Crippen LogP) is 5.49. The lowest BCUT2D eigenvalue weighted by Crippen LogP contribution is -2.51. The zero-order chi connectivity index (χ0) is 30.8. The third-order valence-corrected chi connectivity index (χ3v) is 6.67. The second-order valence-corrected chi connectivity index (χ2v) is 10.4. The van der Waals surface area contributed by atoms with Crippen LogP contribution in [0.3, 0.4) is 0 Å². The number of nitrogens with zero attached hydrogens (tertiary/aromatic N) is 3. The number of hydroxylamine groups is 2. The maximum atomic E-state index is 13.1. The number of urea groups is 1. The third kappa shape index (κ3) is 11.6. The molecule has 0 aliphatic carbocycles. The van der Waals surface area contributed by atoms with Crippen molar-refractivity contribution in [1.82, 2.24) is 14.9 Å². The highest BCUT2D eigenvalue weighted by Gasteiger charge is 2.37. The highest BCUT2D eigenvalue weighted by Crippen LogP contribution is 2.36. The molecule has 1 aromatic carbocycles. The summed E-state index contributed by atoms with van der Waals surface area (Å²) in [6.07, 6.45) is -5.04. The lowest BCUT2D eigenvalue weighted by atomic mass is 9.73. The van der Waals surface area contributed by atoms with Gasteiger partial charge in [-0.3, -0.25) is 0 Å². The molecule has 232 valence electrons. The largest absolute Gasteiger partial charge is 0.481 e. The molecule has 41 heavy (non-hydrogen) atoms. The number of hydrogen-bond donors (Lipinski definition) is 1. The van der Waals surface area contributed by atoms with E-state index in [-0.39, 0.29) is 30.7 Å². The van der Waals surface area contributed by atoms with Crippen molar-refractivity contribution in [2.45, 2.75) is 69.8 Å². The van der Waals surface area contributed by atoms with Crippen LogP contribution >= 0.6 is 0 Å². The molecule has 1 aromatic rings. The summed E-state index contributed by atoms with van der Waals surface area (Å²) in [6.45, 7) is 6.39. The monoisotopic (exact) mass is 597 g/mol. The third-order valence-electron chi connectivity index (χ3n) is 6.67. The number of aliphatic hydroxyl groups is 1. The van der Waals surface area contributed by atoms with Gasteiger partial charge in [-0.25, -0.2) is 9.68 Å². The summed E-state index contributed by atoms with van der Waals surface area (Å²) < 4.78 is 84.3. The fraction of sp³-hybridized carbons (Fsp3) is 0.654. The van der Waals surface area contributed by atoms with Crippen LogP contribution in [-0.2, 0) is 33.5 Å². The normalized spacial score (nSPS) is 16.3. The first-order chi connectivity index (χ1) is 19.0. The summed E-state index contributed by atoms with van der Waals surface area (Å²) in [5.74, 6) is -0.307. The summed E-state index contributed by atoms with van der Waals surface area (Å²) >= 11 is 0. The quantitative estimate of drug-likeness (QED) is 0.0764. The number of alkyl halides is 6. The number of rotatable bonds is 14. The molecule has 8 nitrogen and oxygen atoms in total. The molecule has 0 spiro atoms. The van der Waals surface area contributed by atoms with Crippen molar-refractivity contribution in [3.05, 3.63) is 47.4 Å². The van der Waals surface area contributed by atoms with Crippen LogP contribution in [-0.4, -0.2) is 79.2 Å². The van der Waals surface area contributed by atoms with Gasteiger partial charge >= 0.3 is 18.4 Å². The Morgan fingerprint density at radius 1 is 1.00 bits per heavy atom. The Morgan fingerprint density at radius 3 is 2.07 bits per heavy atom. The summed E-state index contributed by atoms with van der Waals surface area (Å²) in [6, 6.07) is 0.754. The Morgan fingerprint density at radius 2 is 1.56 bits per heavy atom. The lowest BCUT2D eigenvalue weighted by molar-refractivity contribution is -0.430. The molecular formula is C26H38BF6N3O5. The second-order valence-electron chi connectivity index (χ2n) is 10.4. The molecule has 0 aromatic heterocycles. The Hall–Kier alpha value is -2.65. The van der Waals surface area contributed by atoms with E-state index in [0.717, 1.165) is 30.6 Å². The number of benzene rings is 1. The average Bonchev–Trinajstić information content (AvgIpc) is 2.88. The van der Waals surface area contributed by atoms with Crippen LogP contribution in [0.25, 0.3) is 0 Å². The Labute approximate surface area is 237 Å². The van der Waals surface area contributed by atoms with Gasteiger partial charge in [0.25, 0.3) is 5.95 Å². The molecule has 1 aliphatic rings. The smallest absolute Gasteiger partial charge is 0.416 e. The summed E-state index contributed by atoms with van der Waals surface area (Å²) in [4.78, 5) is 25.9. The van der Waals surface area contributed by atoms with E-state index in [9.17, 15) is 36.2 Å². The highest BCUT2D eigenvalue weighted by atomic mass is 19.4. The minimum atomic E-state index is -4.96. The van der Waals surface area contributed by atoms with Crippen LogP contribution in [0.1, 0.15) is 62.1 Å². The SMILES string of the molecule is BC(CCCC)(CCCCOON1CCN(C(=O)N(C)Cc2cc(C(F)(F)F)cc(C(F)(F)F)c2)CC1)OC(=C)O. The van der Waals surface area contributed by atoms with Gasteiger partial charge in [0.05, 0.1) is 23.2 Å². The number of hydrogen-bond acceptors (Lipinski definition) is 6. The minimum absolute atomic E-state index is 0.0558. The second kappa shape index (κ2) is 15.0. The van der Waals surface area contributed by atoms with Crippen molar-refractivity contribution in [2.24, 2.45) is 0 Å². The van der Waals surface area contributed by atoms with Gasteiger partial charge in [-0.1, -0.05) is 19.8 Å². The maximum Gasteiger partial charge on any atom is 0.416 e. The van der Waals surface area contributed by atoms with Crippen molar-refractivity contribution >= 4 is 13.9 Å². The molecule has 2 amide bonds. The molecular weight excluding hydrogens is 559 g/mol. The van der Waals surface area contributed by atoms with Gasteiger partial charge in [-0.15, -0.1) is 4.99 Å². The van der Waals surface area contributed by atoms with Gasteiger partial charge < -0.3 is 19.6 Å². The van der Waals surface area contributed by atoms with Gasteiger partial charge in [0, 0.05) is 39.8 Å². The van der Waals surface area contributed by atoms with E-state index in [2.05, 4.69) is 13.5 Å². The van der Waals surface area contributed by atoms with Gasteiger partial charge in [-0.05, 0) is 56.0 Å². The molecule has 15 heteroatoms. The Bertz CT molecular complexity index is 973. The van der Waals surface area contributed by atoms with E-state index in [1.54, 1.807) is 0 Å². The summed E-state index contributed by atoms with van der Waals surface area (Å²) in [5, 5.41) is 11.0. The molecule has 1 N–H and O–H groups in total. The minimum Gasteiger partial charge on any atom is -0.481 e. The number of halogens is 6. The molecule has 1 fully saturated rings. The van der Waals surface area contributed by atoms with E-state index in [1.165, 1.54) is 17.0 Å². The number of aliphatic hydroxyl groups excluding tert-OH is 1. The number of carbonyl (C=O) groups excluding carboxylic acids is 1. The first-order valence-corrected chi connectivity index (χ1v) is 13.4. The van der Waals surface area contributed by atoms with Crippen LogP contribution in [0, 0.1) is 0 Å². The van der Waals surface area contributed by atoms with Crippen molar-refractivity contribution in [3.63, 3.8) is 0 Å². The first-order valence-electron chi connectivity index (χ1n) is 13.4. The van der Waals surface area contributed by atoms with Crippen LogP contribution in [0.4, 0.5) is 31.1 Å². The van der Waals surface area contributed by atoms with Crippen molar-refractivity contribution in [1.29, 1.82) is 0 Å². The van der Waals surface area contributed by atoms with Crippen LogP contribution in [0.5, 0.6) is 0 Å². The number of amides is 2. The van der Waals surface area contributed by atoms with Crippen LogP contribution < -0.4 is 0 Å². The van der Waals surface area contributed by atoms with E-state index in [4.69, 9.17) is 14.6 Å². The fourth-order valence-electron chi connectivity index (χ4n) is 4.48. The zero-order valence-corrected chi connectivity index (χ0v) is 23.6. The average molecular weight is 597 g/mol. The highest BCUT2D eigenvalue weighted by molar-refractivity contribution is 6.14. The van der Waals surface area contributed by atoms with Crippen LogP contribution in [0.15, 0.2) is 30.7 Å². The first kappa shape index (κ1) is 34.6. The molecule has 1 saturated heterocycles. The zero-order valence-electron chi connectivity index (χ0n) is 23.6. The Kier molecular flexibility index (Phi) is 12.6. The fourth-order valence-corrected chi connectivity index (χ4v) is 4.48. The topological polar surface area (TPSA) is 74.7 Å². The number of piperazine rings is 1. The van der Waals surface area contributed by atoms with E-state index in [0.29, 0.717) is 44.7 Å². The lowest BCUT2D eigenvalue weighted by Gasteiger charge is -2.35. The maximum absolute atomic E-state index is 13.1. The number of ether oxygens (including phenoxy) is 1. The van der Waals surface area contributed by atoms with Crippen LogP contribution in [0.2, 0.25) is 0 Å². The number of carbonyl (C=O) groups is 1. The molecule has 2 rings (SSSR count). The van der Waals surface area contributed by atoms with E-state index in [1.807, 2.05) is 7.85 Å². The molecule has 1 atom stereocenters. The van der Waals surface area contributed by atoms with E-state index >= 15 is 0 Å². The summed E-state index contributed by atoms with van der Waals surface area (Å²) in [7, 11) is 3.25. The molecule has 0 bridgehead atoms. The Balaban J connectivity index is 1.78. The molecule has 1 aliphatic heterocycles. The van der Waals surface area contributed by atoms with Gasteiger partial charge in [0.2, 0.25) is 0 Å². The van der Waals surface area contributed by atoms with Crippen molar-refractivity contribution in [3.8, 4) is 0 Å². The summed E-state index contributed by atoms with van der Waals surface area (Å²) in [5.41, 5.74) is -3.65. The van der Waals surface area contributed by atoms with Gasteiger partial charge in [0.15, 0.2) is 7.85 Å². The molecule has 0 saturated carbocycles.